The standard InChI is InChI=1S/C21H20BrCl2N5O3S2/c1-10-15(20(31)32-4)18(34-16(10)19(30)28(2)3)26-21(33)25-17-13(22)9-29(27-17)8-11-5-6-12(23)7-14(11)24/h5-7,9H,8H2,1-4H3,(H2,25,26,27,33). The van der Waals surface area contributed by atoms with Gasteiger partial charge in [0.15, 0.2) is 10.9 Å². The number of benzene rings is 1. The van der Waals surface area contributed by atoms with Gasteiger partial charge in [0.2, 0.25) is 0 Å². The van der Waals surface area contributed by atoms with E-state index in [0.717, 1.165) is 16.9 Å². The van der Waals surface area contributed by atoms with Crippen LogP contribution in [0.1, 0.15) is 31.2 Å². The van der Waals surface area contributed by atoms with Crippen LogP contribution in [-0.2, 0) is 11.3 Å². The maximum Gasteiger partial charge on any atom is 0.341 e. The van der Waals surface area contributed by atoms with Gasteiger partial charge in [0.05, 0.1) is 28.6 Å². The van der Waals surface area contributed by atoms with Crippen molar-refractivity contribution in [1.29, 1.82) is 0 Å². The van der Waals surface area contributed by atoms with Crippen molar-refractivity contribution in [2.24, 2.45) is 0 Å². The van der Waals surface area contributed by atoms with Gasteiger partial charge in [-0.15, -0.1) is 11.3 Å². The number of carbonyl (C=O) groups excluding carboxylic acids is 2. The van der Waals surface area contributed by atoms with Crippen LogP contribution in [0.25, 0.3) is 0 Å². The summed E-state index contributed by atoms with van der Waals surface area (Å²) in [5, 5.41) is 12.2. The van der Waals surface area contributed by atoms with E-state index in [9.17, 15) is 9.59 Å². The largest absolute Gasteiger partial charge is 0.465 e. The number of ether oxygens (including phenoxy) is 1. The lowest BCUT2D eigenvalue weighted by Crippen LogP contribution is -2.21. The monoisotopic (exact) mass is 603 g/mol. The zero-order chi connectivity index (χ0) is 25.2. The van der Waals surface area contributed by atoms with Crippen molar-refractivity contribution < 1.29 is 14.3 Å². The maximum atomic E-state index is 12.5. The topological polar surface area (TPSA) is 88.5 Å². The van der Waals surface area contributed by atoms with Gasteiger partial charge >= 0.3 is 5.97 Å². The molecular weight excluding hydrogens is 585 g/mol. The molecule has 8 nitrogen and oxygen atoms in total. The van der Waals surface area contributed by atoms with Crippen LogP contribution in [0.3, 0.4) is 0 Å². The molecule has 180 valence electrons. The van der Waals surface area contributed by atoms with E-state index in [1.165, 1.54) is 12.0 Å². The van der Waals surface area contributed by atoms with Crippen LogP contribution in [0.2, 0.25) is 10.0 Å². The molecule has 2 N–H and O–H groups in total. The minimum absolute atomic E-state index is 0.186. The fourth-order valence-electron chi connectivity index (χ4n) is 2.99. The molecular formula is C21H20BrCl2N5O3S2. The molecule has 1 amide bonds. The van der Waals surface area contributed by atoms with Gasteiger partial charge < -0.3 is 20.3 Å². The molecule has 13 heteroatoms. The Kier molecular flexibility index (Phi) is 8.58. The number of amides is 1. The van der Waals surface area contributed by atoms with Crippen LogP contribution in [0.15, 0.2) is 28.9 Å². The fourth-order valence-corrected chi connectivity index (χ4v) is 5.35. The molecule has 0 spiro atoms. The van der Waals surface area contributed by atoms with Crippen molar-refractivity contribution in [3.05, 3.63) is 60.5 Å². The summed E-state index contributed by atoms with van der Waals surface area (Å²) < 4.78 is 7.26. The fraction of sp³-hybridized carbons (Fsp3) is 0.238. The summed E-state index contributed by atoms with van der Waals surface area (Å²) in [5.74, 6) is -0.329. The van der Waals surface area contributed by atoms with Crippen molar-refractivity contribution in [1.82, 2.24) is 14.7 Å². The van der Waals surface area contributed by atoms with Crippen LogP contribution >= 0.6 is 62.7 Å². The quantitative estimate of drug-likeness (QED) is 0.277. The first kappa shape index (κ1) is 26.4. The van der Waals surface area contributed by atoms with E-state index in [1.54, 1.807) is 44.0 Å². The molecule has 0 aliphatic rings. The Morgan fingerprint density at radius 2 is 2.00 bits per heavy atom. The first-order valence-electron chi connectivity index (χ1n) is 9.70. The number of nitrogens with zero attached hydrogens (tertiary/aromatic N) is 3. The number of esters is 1. The molecule has 0 atom stereocenters. The second-order valence-electron chi connectivity index (χ2n) is 7.29. The maximum absolute atomic E-state index is 12.5. The molecule has 0 fully saturated rings. The summed E-state index contributed by atoms with van der Waals surface area (Å²) in [6.45, 7) is 2.12. The van der Waals surface area contributed by atoms with Crippen molar-refractivity contribution in [2.75, 3.05) is 31.8 Å². The molecule has 2 aromatic heterocycles. The van der Waals surface area contributed by atoms with Crippen molar-refractivity contribution in [3.63, 3.8) is 0 Å². The number of rotatable bonds is 6. The number of hydrogen-bond donors (Lipinski definition) is 2. The number of nitrogens with one attached hydrogen (secondary N) is 2. The molecule has 0 aliphatic carbocycles. The van der Waals surface area contributed by atoms with Crippen LogP contribution in [0, 0.1) is 6.92 Å². The summed E-state index contributed by atoms with van der Waals surface area (Å²) >= 11 is 22.3. The van der Waals surface area contributed by atoms with Crippen LogP contribution < -0.4 is 10.6 Å². The van der Waals surface area contributed by atoms with Gasteiger partial charge in [-0.1, -0.05) is 29.3 Å². The highest BCUT2D eigenvalue weighted by Gasteiger charge is 2.26. The van der Waals surface area contributed by atoms with Crippen LogP contribution in [0.4, 0.5) is 10.8 Å². The van der Waals surface area contributed by atoms with Gasteiger partial charge in [-0.3, -0.25) is 9.48 Å². The molecule has 3 rings (SSSR count). The SMILES string of the molecule is COC(=O)c1c(NC(=S)Nc2nn(Cc3ccc(Cl)cc3Cl)cc2Br)sc(C(=O)N(C)C)c1C. The highest BCUT2D eigenvalue weighted by molar-refractivity contribution is 9.10. The van der Waals surface area contributed by atoms with Gasteiger partial charge in [0, 0.05) is 30.3 Å². The van der Waals surface area contributed by atoms with Gasteiger partial charge in [-0.2, -0.15) is 5.10 Å². The zero-order valence-electron chi connectivity index (χ0n) is 18.5. The van der Waals surface area contributed by atoms with E-state index in [2.05, 4.69) is 31.7 Å². The lowest BCUT2D eigenvalue weighted by atomic mass is 10.1. The number of carbonyl (C=O) groups is 2. The van der Waals surface area contributed by atoms with E-state index in [1.807, 2.05) is 6.07 Å². The summed E-state index contributed by atoms with van der Waals surface area (Å²) in [6, 6.07) is 5.27. The van der Waals surface area contributed by atoms with E-state index >= 15 is 0 Å². The van der Waals surface area contributed by atoms with Gasteiger partial charge in [0.25, 0.3) is 5.91 Å². The van der Waals surface area contributed by atoms with Crippen molar-refractivity contribution in [3.8, 4) is 0 Å². The molecule has 0 aliphatic heterocycles. The molecule has 0 saturated carbocycles. The van der Waals surface area contributed by atoms with Crippen molar-refractivity contribution >= 4 is 90.5 Å². The normalized spacial score (nSPS) is 10.7. The molecule has 3 aromatic rings. The van der Waals surface area contributed by atoms with Gasteiger partial charge in [0.1, 0.15) is 5.00 Å². The van der Waals surface area contributed by atoms with E-state index in [0.29, 0.717) is 42.3 Å². The number of methoxy groups -OCH3 is 1. The molecule has 34 heavy (non-hydrogen) atoms. The first-order valence-corrected chi connectivity index (χ1v) is 12.5. The Balaban J connectivity index is 1.80. The number of anilines is 2. The van der Waals surface area contributed by atoms with Gasteiger partial charge in [-0.05, 0) is 58.3 Å². The summed E-state index contributed by atoms with van der Waals surface area (Å²) in [7, 11) is 4.57. The van der Waals surface area contributed by atoms with E-state index in [-0.39, 0.29) is 16.6 Å². The molecule has 1 aromatic carbocycles. The Labute approximate surface area is 224 Å². The Morgan fingerprint density at radius 3 is 2.62 bits per heavy atom. The lowest BCUT2D eigenvalue weighted by Gasteiger charge is -2.09. The number of halogens is 3. The van der Waals surface area contributed by atoms with Crippen molar-refractivity contribution in [2.45, 2.75) is 13.5 Å². The zero-order valence-corrected chi connectivity index (χ0v) is 23.3. The molecule has 0 bridgehead atoms. The Morgan fingerprint density at radius 1 is 1.29 bits per heavy atom. The minimum Gasteiger partial charge on any atom is -0.465 e. The third-order valence-corrected chi connectivity index (χ3v) is 7.23. The third kappa shape index (κ3) is 5.89. The van der Waals surface area contributed by atoms with E-state index < -0.39 is 5.97 Å². The Bertz CT molecular complexity index is 1280. The number of thiocarbonyl (C=S) groups is 1. The highest BCUT2D eigenvalue weighted by Crippen LogP contribution is 2.34. The average molecular weight is 605 g/mol. The molecule has 0 saturated heterocycles. The number of hydrogen-bond acceptors (Lipinski definition) is 6. The summed E-state index contributed by atoms with van der Waals surface area (Å²) in [6.07, 6.45) is 1.78. The van der Waals surface area contributed by atoms with Crippen LogP contribution in [0.5, 0.6) is 0 Å². The summed E-state index contributed by atoms with van der Waals surface area (Å²) in [5.41, 5.74) is 1.62. The molecule has 0 unspecified atom stereocenters. The smallest absolute Gasteiger partial charge is 0.341 e. The number of thiophene rings is 1. The molecule has 0 radical (unpaired) electrons. The van der Waals surface area contributed by atoms with Crippen LogP contribution in [-0.4, -0.2) is 52.9 Å². The average Bonchev–Trinajstić information content (AvgIpc) is 3.27. The summed E-state index contributed by atoms with van der Waals surface area (Å²) in [4.78, 5) is 26.8. The highest BCUT2D eigenvalue weighted by atomic mass is 79.9. The third-order valence-electron chi connectivity index (χ3n) is 4.66. The second-order valence-corrected chi connectivity index (χ2v) is 10.4. The van der Waals surface area contributed by atoms with Gasteiger partial charge in [-0.25, -0.2) is 4.79 Å². The first-order chi connectivity index (χ1) is 16.0. The number of aromatic nitrogens is 2. The lowest BCUT2D eigenvalue weighted by molar-refractivity contribution is 0.0601. The minimum atomic E-state index is -0.567. The second kappa shape index (κ2) is 11.0. The molecule has 2 heterocycles. The predicted octanol–water partition coefficient (Wildman–Crippen LogP) is 5.67. The Hall–Kier alpha value is -2.18. The van der Waals surface area contributed by atoms with E-state index in [4.69, 9.17) is 40.2 Å². The predicted molar refractivity (Wildman–Crippen MR) is 144 cm³/mol.